The lowest BCUT2D eigenvalue weighted by atomic mass is 9.97. The molecule has 0 bridgehead atoms. The van der Waals surface area contributed by atoms with Crippen LogP contribution in [0.1, 0.15) is 88.1 Å². The Bertz CT molecular complexity index is 5610. The number of benzene rings is 9. The van der Waals surface area contributed by atoms with Crippen molar-refractivity contribution in [2.75, 3.05) is 6.61 Å². The van der Waals surface area contributed by atoms with Crippen LogP contribution in [0.15, 0.2) is 232 Å². The summed E-state index contributed by atoms with van der Waals surface area (Å²) < 4.78 is 49.5. The van der Waals surface area contributed by atoms with Gasteiger partial charge in [0.2, 0.25) is 0 Å². The fraction of sp³-hybridized carbons (Fsp3) is 0.176. The highest BCUT2D eigenvalue weighted by Crippen LogP contribution is 2.45. The summed E-state index contributed by atoms with van der Waals surface area (Å²) in [4.78, 5) is 47.3. The Morgan fingerprint density at radius 1 is 0.441 bits per heavy atom. The predicted molar refractivity (Wildman–Crippen MR) is 401 cm³/mol. The van der Waals surface area contributed by atoms with Gasteiger partial charge in [-0.2, -0.15) is 0 Å². The zero-order valence-corrected chi connectivity index (χ0v) is 58.2. The minimum atomic E-state index is -4.68. The molecule has 6 aromatic heterocycles. The summed E-state index contributed by atoms with van der Waals surface area (Å²) in [7, 11) is -4.68. The second kappa shape index (κ2) is 30.3. The standard InChI is InChI=1S/C29H25NO4.C29H27NO4.C27H24NO5P/c1-3-20-13-14-25(33-17-19-9-5-4-6-10-19)27-21(16-26(31)32)15-23(30-28(20)27)29-18(2)22-11-7-8-12-24(22)34-29;1-3-20-13-14-26(33-17-19-9-5-4-6-10-19)27-22(24(32)16-31)15-23(30-28(20)27)29-18(2)21-11-7-8-12-25(21)34-29;1-3-19-13-14-23(32-16-18-9-5-4-6-10-18)25-24(34(29,30)31)15-21(28-26(19)25)27-17(2)20-11-7-8-12-22(20)33-27/h4-15H,3,16-17H2,1-2H3,(H,31,32);4-15,24,31-32H,3,16-17H2,1-2H3;4-15H,3,16H2,1-2H3,(H2,29,30,31). The Morgan fingerprint density at radius 3 is 1.16 bits per heavy atom. The van der Waals surface area contributed by atoms with E-state index in [-0.39, 0.29) is 18.3 Å². The molecule has 5 N–H and O–H groups in total. The van der Waals surface area contributed by atoms with Crippen LogP contribution >= 0.6 is 7.60 Å². The summed E-state index contributed by atoms with van der Waals surface area (Å²) in [5.74, 6) is 2.55. The van der Waals surface area contributed by atoms with E-state index < -0.39 is 26.3 Å². The maximum Gasteiger partial charge on any atom is 0.357 e. The Hall–Kier alpha value is -11.2. The van der Waals surface area contributed by atoms with Crippen molar-refractivity contribution in [3.05, 3.63) is 280 Å². The van der Waals surface area contributed by atoms with E-state index in [1.807, 2.05) is 234 Å². The van der Waals surface area contributed by atoms with Crippen LogP contribution in [-0.2, 0) is 54.9 Å². The third-order valence-electron chi connectivity index (χ3n) is 18.4. The van der Waals surface area contributed by atoms with Crippen LogP contribution < -0.4 is 19.5 Å². The second-order valence-electron chi connectivity index (χ2n) is 25.0. The number of hydrogen-bond acceptors (Lipinski definition) is 13. The Morgan fingerprint density at radius 2 is 0.784 bits per heavy atom. The van der Waals surface area contributed by atoms with Crippen molar-refractivity contribution in [1.29, 1.82) is 0 Å². The molecule has 17 heteroatoms. The normalized spacial score (nSPS) is 11.8. The van der Waals surface area contributed by atoms with Gasteiger partial charge in [-0.05, 0) is 139 Å². The second-order valence-corrected chi connectivity index (χ2v) is 26.6. The lowest BCUT2D eigenvalue weighted by molar-refractivity contribution is -0.136. The van der Waals surface area contributed by atoms with E-state index in [9.17, 15) is 34.5 Å². The van der Waals surface area contributed by atoms with Crippen LogP contribution in [-0.4, -0.2) is 52.6 Å². The van der Waals surface area contributed by atoms with Crippen molar-refractivity contribution >= 4 is 84.5 Å². The third-order valence-corrected chi connectivity index (χ3v) is 19.4. The van der Waals surface area contributed by atoms with Crippen molar-refractivity contribution in [2.45, 2.75) is 93.2 Å². The number of aryl methyl sites for hydroxylation is 6. The SMILES string of the molecule is CCc1ccc(OCc2ccccc2)c2c(C(O)CO)cc(-c3oc4ccccc4c3C)nc12.CCc1ccc(OCc2ccccc2)c2c(CC(=O)O)cc(-c3oc4ccccc4c3C)nc12.CCc1ccc(OCc2ccccc2)c2c(P(=O)(O)O)cc(-c3oc4ccccc4c3C)nc12. The van der Waals surface area contributed by atoms with Crippen LogP contribution in [0, 0.1) is 20.8 Å². The van der Waals surface area contributed by atoms with Crippen LogP contribution in [0.4, 0.5) is 0 Å². The average Bonchev–Trinajstić information content (AvgIpc) is 1.25. The number of aliphatic hydroxyl groups is 2. The number of aromatic nitrogens is 3. The minimum absolute atomic E-state index is 0.120. The van der Waals surface area contributed by atoms with Crippen LogP contribution in [0.25, 0.3) is 100.0 Å². The number of ether oxygens (including phenoxy) is 3. The number of fused-ring (bicyclic) bond motifs is 6. The molecule has 514 valence electrons. The average molecular weight is 1380 g/mol. The summed E-state index contributed by atoms with van der Waals surface area (Å²) >= 11 is 0. The van der Waals surface area contributed by atoms with Gasteiger partial charge in [0, 0.05) is 43.6 Å². The number of aliphatic carboxylic acids is 1. The molecule has 0 saturated heterocycles. The molecule has 0 fully saturated rings. The first-order chi connectivity index (χ1) is 49.5. The molecule has 0 amide bonds. The molecule has 102 heavy (non-hydrogen) atoms. The lowest BCUT2D eigenvalue weighted by Crippen LogP contribution is -2.11. The van der Waals surface area contributed by atoms with Gasteiger partial charge in [-0.3, -0.25) is 9.36 Å². The van der Waals surface area contributed by atoms with E-state index in [1.165, 1.54) is 6.07 Å². The minimum Gasteiger partial charge on any atom is -0.488 e. The number of carboxylic acids is 1. The number of aliphatic hydroxyl groups excluding tert-OH is 2. The molecular weight excluding hydrogens is 1300 g/mol. The van der Waals surface area contributed by atoms with Gasteiger partial charge in [0.1, 0.15) is 77.0 Å². The van der Waals surface area contributed by atoms with E-state index in [0.717, 1.165) is 107 Å². The Labute approximate surface area is 589 Å². The molecule has 0 aliphatic carbocycles. The number of carbonyl (C=O) groups is 1. The van der Waals surface area contributed by atoms with Crippen LogP contribution in [0.3, 0.4) is 0 Å². The van der Waals surface area contributed by atoms with Crippen molar-refractivity contribution in [3.8, 4) is 51.6 Å². The number of hydrogen-bond donors (Lipinski definition) is 5. The van der Waals surface area contributed by atoms with E-state index in [0.29, 0.717) is 104 Å². The molecule has 16 nitrogen and oxygen atoms in total. The largest absolute Gasteiger partial charge is 0.488 e. The first-order valence-electron chi connectivity index (χ1n) is 33.9. The quantitative estimate of drug-likeness (QED) is 0.0446. The molecule has 0 aliphatic rings. The van der Waals surface area contributed by atoms with Crippen molar-refractivity contribution in [3.63, 3.8) is 0 Å². The van der Waals surface area contributed by atoms with E-state index in [2.05, 4.69) is 13.8 Å². The van der Waals surface area contributed by atoms with Crippen molar-refractivity contribution in [1.82, 2.24) is 15.0 Å². The topological polar surface area (TPSA) is 241 Å². The van der Waals surface area contributed by atoms with Gasteiger partial charge in [-0.1, -0.05) is 185 Å². The first kappa shape index (κ1) is 69.3. The molecule has 1 atom stereocenters. The number of carboxylic acid groups (broad SMARTS) is 1. The summed E-state index contributed by atoms with van der Waals surface area (Å²) in [5.41, 5.74) is 15.9. The predicted octanol–water partition coefficient (Wildman–Crippen LogP) is 18.7. The maximum atomic E-state index is 12.7. The number of nitrogens with zero attached hydrogens (tertiary/aromatic N) is 3. The monoisotopic (exact) mass is 1380 g/mol. The smallest absolute Gasteiger partial charge is 0.357 e. The highest BCUT2D eigenvalue weighted by Gasteiger charge is 2.29. The van der Waals surface area contributed by atoms with Gasteiger partial charge < -0.3 is 52.6 Å². The number of rotatable bonds is 20. The number of pyridine rings is 3. The number of furan rings is 3. The fourth-order valence-corrected chi connectivity index (χ4v) is 13.9. The zero-order valence-electron chi connectivity index (χ0n) is 57.3. The van der Waals surface area contributed by atoms with Gasteiger partial charge in [0.05, 0.1) is 40.3 Å². The Balaban J connectivity index is 0.000000137. The third kappa shape index (κ3) is 14.4. The molecule has 0 radical (unpaired) electrons. The molecule has 1 unspecified atom stereocenters. The highest BCUT2D eigenvalue weighted by atomic mass is 31.2. The molecule has 9 aromatic carbocycles. The summed E-state index contributed by atoms with van der Waals surface area (Å²) in [6.07, 6.45) is 0.948. The highest BCUT2D eigenvalue weighted by molar-refractivity contribution is 7.60. The molecule has 15 aromatic rings. The molecule has 0 saturated carbocycles. The van der Waals surface area contributed by atoms with Crippen LogP contribution in [0.2, 0.25) is 0 Å². The van der Waals surface area contributed by atoms with Gasteiger partial charge in [0.15, 0.2) is 17.3 Å². The molecular formula is C85H76N3O13P. The molecule has 15 rings (SSSR count). The van der Waals surface area contributed by atoms with Gasteiger partial charge >= 0.3 is 13.6 Å². The first-order valence-corrected chi connectivity index (χ1v) is 35.5. The lowest BCUT2D eigenvalue weighted by Gasteiger charge is -2.18. The van der Waals surface area contributed by atoms with E-state index in [1.54, 1.807) is 6.07 Å². The van der Waals surface area contributed by atoms with E-state index >= 15 is 0 Å². The number of para-hydroxylation sites is 3. The van der Waals surface area contributed by atoms with Crippen molar-refractivity contribution < 1.29 is 61.9 Å². The molecule has 0 spiro atoms. The van der Waals surface area contributed by atoms with Gasteiger partial charge in [0.25, 0.3) is 0 Å². The van der Waals surface area contributed by atoms with Crippen molar-refractivity contribution in [2.24, 2.45) is 0 Å². The summed E-state index contributed by atoms with van der Waals surface area (Å²) in [6.45, 7) is 12.7. The molecule has 0 aliphatic heterocycles. The summed E-state index contributed by atoms with van der Waals surface area (Å²) in [5, 5.41) is 35.0. The fourth-order valence-electron chi connectivity index (χ4n) is 13.1. The zero-order chi connectivity index (χ0) is 71.2. The van der Waals surface area contributed by atoms with Gasteiger partial charge in [-0.15, -0.1) is 0 Å². The molecule has 6 heterocycles. The van der Waals surface area contributed by atoms with Crippen LogP contribution in [0.5, 0.6) is 17.2 Å². The summed E-state index contributed by atoms with van der Waals surface area (Å²) in [6, 6.07) is 69.4. The van der Waals surface area contributed by atoms with E-state index in [4.69, 9.17) is 42.4 Å². The van der Waals surface area contributed by atoms with Gasteiger partial charge in [-0.25, -0.2) is 15.0 Å². The maximum absolute atomic E-state index is 12.7. The Kier molecular flexibility index (Phi) is 20.6.